The zero-order valence-electron chi connectivity index (χ0n) is 8.42. The van der Waals surface area contributed by atoms with Gasteiger partial charge in [-0.25, -0.2) is 4.39 Å². The molecular weight excluding hydrogens is 167 g/mol. The normalized spacial score (nSPS) is 16.6. The lowest BCUT2D eigenvalue weighted by Gasteiger charge is -1.96. The van der Waals surface area contributed by atoms with Crippen molar-refractivity contribution in [1.29, 1.82) is 0 Å². The van der Waals surface area contributed by atoms with Crippen molar-refractivity contribution in [1.82, 2.24) is 0 Å². The fraction of sp³-hybridized carbons (Fsp3) is 0.500. The molecule has 0 fully saturated rings. The lowest BCUT2D eigenvalue weighted by molar-refractivity contribution is 0.496. The third kappa shape index (κ3) is 7.25. The summed E-state index contributed by atoms with van der Waals surface area (Å²) in [6, 6.07) is 0. The van der Waals surface area contributed by atoms with Crippen LogP contribution in [0.2, 0.25) is 0 Å². The lowest BCUT2D eigenvalue weighted by atomic mass is 10.3. The van der Waals surface area contributed by atoms with Crippen LogP contribution in [0.1, 0.15) is 20.8 Å². The van der Waals surface area contributed by atoms with Gasteiger partial charge in [0.2, 0.25) is 0 Å². The fourth-order valence-corrected chi connectivity index (χ4v) is 0.683. The first kappa shape index (κ1) is 11.9. The number of halogens is 1. The molecule has 0 rings (SSSR count). The molecule has 1 unspecified atom stereocenters. The van der Waals surface area contributed by atoms with E-state index in [0.717, 1.165) is 5.57 Å². The van der Waals surface area contributed by atoms with Gasteiger partial charge in [0.1, 0.15) is 0 Å². The Morgan fingerprint density at radius 1 is 1.54 bits per heavy atom. The summed E-state index contributed by atoms with van der Waals surface area (Å²) in [6.07, 6.45) is 3.38. The molecule has 0 radical (unpaired) electrons. The van der Waals surface area contributed by atoms with Gasteiger partial charge in [0.05, 0.1) is 6.54 Å². The topological polar surface area (TPSA) is 38.4 Å². The van der Waals surface area contributed by atoms with Crippen molar-refractivity contribution in [3.8, 4) is 0 Å². The van der Waals surface area contributed by atoms with Crippen LogP contribution in [-0.2, 0) is 0 Å². The summed E-state index contributed by atoms with van der Waals surface area (Å²) in [7, 11) is 0. The van der Waals surface area contributed by atoms with Crippen LogP contribution in [-0.4, -0.2) is 18.9 Å². The molecule has 0 bridgehead atoms. The van der Waals surface area contributed by atoms with Gasteiger partial charge in [0, 0.05) is 11.9 Å². The second kappa shape index (κ2) is 6.40. The summed E-state index contributed by atoms with van der Waals surface area (Å²) in [6.45, 7) is 6.09. The highest BCUT2D eigenvalue weighted by molar-refractivity contribution is 5.65. The second-order valence-electron chi connectivity index (χ2n) is 2.98. The Kier molecular flexibility index (Phi) is 5.85. The van der Waals surface area contributed by atoms with Gasteiger partial charge < -0.3 is 5.73 Å². The van der Waals surface area contributed by atoms with Crippen molar-refractivity contribution < 1.29 is 4.39 Å². The van der Waals surface area contributed by atoms with Gasteiger partial charge >= 0.3 is 0 Å². The highest BCUT2D eigenvalue weighted by Gasteiger charge is 1.95. The summed E-state index contributed by atoms with van der Waals surface area (Å²) >= 11 is 0. The minimum atomic E-state index is -1.17. The van der Waals surface area contributed by atoms with Crippen LogP contribution in [0.15, 0.2) is 28.4 Å². The largest absolute Gasteiger partial charge is 0.402 e. The Labute approximate surface area is 79.0 Å². The third-order valence-corrected chi connectivity index (χ3v) is 1.50. The maximum atomic E-state index is 12.9. The number of aliphatic imine (C=N–C) groups is 1. The van der Waals surface area contributed by atoms with Gasteiger partial charge in [-0.2, -0.15) is 0 Å². The Morgan fingerprint density at radius 2 is 2.15 bits per heavy atom. The van der Waals surface area contributed by atoms with Crippen molar-refractivity contribution in [2.75, 3.05) is 6.54 Å². The van der Waals surface area contributed by atoms with Crippen LogP contribution in [0.4, 0.5) is 4.39 Å². The Hall–Kier alpha value is -1.12. The molecule has 74 valence electrons. The second-order valence-corrected chi connectivity index (χ2v) is 2.98. The van der Waals surface area contributed by atoms with Crippen molar-refractivity contribution in [3.63, 3.8) is 0 Å². The van der Waals surface area contributed by atoms with Gasteiger partial charge in [0.15, 0.2) is 6.17 Å². The van der Waals surface area contributed by atoms with Crippen molar-refractivity contribution in [3.05, 3.63) is 23.4 Å². The van der Waals surface area contributed by atoms with E-state index in [0.29, 0.717) is 12.2 Å². The van der Waals surface area contributed by atoms with E-state index >= 15 is 0 Å². The molecule has 2 nitrogen and oxygen atoms in total. The number of nitrogens with zero attached hydrogens (tertiary/aromatic N) is 1. The van der Waals surface area contributed by atoms with Gasteiger partial charge in [0.25, 0.3) is 0 Å². The summed E-state index contributed by atoms with van der Waals surface area (Å²) < 4.78 is 12.9. The SMILES string of the molecule is C/C=C(\C)C/N=C\C(F)/C=C(\C)N. The first-order chi connectivity index (χ1) is 6.06. The number of hydrogen-bond acceptors (Lipinski definition) is 2. The molecule has 0 aliphatic rings. The van der Waals surface area contributed by atoms with E-state index in [9.17, 15) is 4.39 Å². The molecular formula is C10H17FN2. The maximum Gasteiger partial charge on any atom is 0.155 e. The molecule has 0 saturated heterocycles. The Balaban J connectivity index is 3.92. The Morgan fingerprint density at radius 3 is 2.62 bits per heavy atom. The van der Waals surface area contributed by atoms with Crippen LogP contribution < -0.4 is 5.73 Å². The van der Waals surface area contributed by atoms with Crippen LogP contribution >= 0.6 is 0 Å². The van der Waals surface area contributed by atoms with E-state index < -0.39 is 6.17 Å². The van der Waals surface area contributed by atoms with E-state index in [1.54, 1.807) is 6.92 Å². The quantitative estimate of drug-likeness (QED) is 0.528. The van der Waals surface area contributed by atoms with Crippen molar-refractivity contribution in [2.45, 2.75) is 26.9 Å². The zero-order valence-corrected chi connectivity index (χ0v) is 8.42. The van der Waals surface area contributed by atoms with E-state index in [-0.39, 0.29) is 0 Å². The number of alkyl halides is 1. The van der Waals surface area contributed by atoms with E-state index in [4.69, 9.17) is 5.73 Å². The molecule has 0 aromatic heterocycles. The summed E-state index contributed by atoms with van der Waals surface area (Å²) in [4.78, 5) is 3.93. The van der Waals surface area contributed by atoms with Crippen LogP contribution in [0.3, 0.4) is 0 Å². The molecule has 0 aromatic carbocycles. The molecule has 3 heteroatoms. The molecule has 2 N–H and O–H groups in total. The summed E-state index contributed by atoms with van der Waals surface area (Å²) in [5.74, 6) is 0. The van der Waals surface area contributed by atoms with Gasteiger partial charge in [-0.05, 0) is 26.8 Å². The Bertz CT molecular complexity index is 225. The predicted octanol–water partition coefficient (Wildman–Crippen LogP) is 2.22. The summed E-state index contributed by atoms with van der Waals surface area (Å²) in [5, 5.41) is 0. The number of hydrogen-bond donors (Lipinski definition) is 1. The van der Waals surface area contributed by atoms with Crippen LogP contribution in [0.5, 0.6) is 0 Å². The van der Waals surface area contributed by atoms with E-state index in [1.165, 1.54) is 12.3 Å². The van der Waals surface area contributed by atoms with Crippen molar-refractivity contribution >= 4 is 6.21 Å². The molecule has 0 aliphatic heterocycles. The van der Waals surface area contributed by atoms with Gasteiger partial charge in [-0.1, -0.05) is 11.6 Å². The minimum Gasteiger partial charge on any atom is -0.402 e. The van der Waals surface area contributed by atoms with E-state index in [2.05, 4.69) is 4.99 Å². The average molecular weight is 184 g/mol. The first-order valence-corrected chi connectivity index (χ1v) is 4.26. The zero-order chi connectivity index (χ0) is 10.3. The number of rotatable bonds is 4. The average Bonchev–Trinajstić information content (AvgIpc) is 2.02. The fourth-order valence-electron chi connectivity index (χ4n) is 0.683. The summed E-state index contributed by atoms with van der Waals surface area (Å²) in [5.41, 5.74) is 6.90. The van der Waals surface area contributed by atoms with Crippen LogP contribution in [0, 0.1) is 0 Å². The maximum absolute atomic E-state index is 12.9. The highest BCUT2D eigenvalue weighted by atomic mass is 19.1. The van der Waals surface area contributed by atoms with Crippen LogP contribution in [0.25, 0.3) is 0 Å². The predicted molar refractivity (Wildman–Crippen MR) is 55.6 cm³/mol. The molecule has 0 saturated carbocycles. The van der Waals surface area contributed by atoms with Crippen molar-refractivity contribution in [2.24, 2.45) is 10.7 Å². The minimum absolute atomic E-state index is 0.474. The monoisotopic (exact) mass is 184 g/mol. The molecule has 0 aromatic rings. The molecule has 0 spiro atoms. The van der Waals surface area contributed by atoms with E-state index in [1.807, 2.05) is 19.9 Å². The smallest absolute Gasteiger partial charge is 0.155 e. The number of allylic oxidation sites excluding steroid dienone is 3. The highest BCUT2D eigenvalue weighted by Crippen LogP contribution is 1.95. The molecule has 0 amide bonds. The molecule has 13 heavy (non-hydrogen) atoms. The third-order valence-electron chi connectivity index (χ3n) is 1.50. The molecule has 0 heterocycles. The number of nitrogens with two attached hydrogens (primary N) is 1. The van der Waals surface area contributed by atoms with Gasteiger partial charge in [-0.3, -0.25) is 4.99 Å². The standard InChI is InChI=1S/C10H17FN2/c1-4-8(2)6-13-7-10(11)5-9(3)12/h4-5,7,10H,6,12H2,1-3H3/b8-4+,9-5+,13-7-. The van der Waals surface area contributed by atoms with Gasteiger partial charge in [-0.15, -0.1) is 0 Å². The molecule has 1 atom stereocenters. The molecule has 0 aliphatic carbocycles. The first-order valence-electron chi connectivity index (χ1n) is 4.26. The lowest BCUT2D eigenvalue weighted by Crippen LogP contribution is -2.02.